The standard InChI is InChI=1S/C24H35N5O5/c1-5-9-15-28(20-21(25)29(14-6-2)24(33)26-22(20)31)19(30)16-34-23(32)17-10-12-18(13-11-17)27(7-3)8-4/h10-13H,5-9,14-16,25H2,1-4H3,(H,26,31,33). The average Bonchev–Trinajstić information content (AvgIpc) is 2.83. The molecule has 1 aromatic heterocycles. The molecule has 0 bridgehead atoms. The predicted octanol–water partition coefficient (Wildman–Crippen LogP) is 2.37. The minimum atomic E-state index is -0.752. The predicted molar refractivity (Wildman–Crippen MR) is 134 cm³/mol. The minimum absolute atomic E-state index is 0.0848. The number of unbranched alkanes of at least 4 members (excludes halogenated alkanes) is 1. The SMILES string of the molecule is CCCCN(C(=O)COC(=O)c1ccc(N(CC)CC)cc1)c1c(N)n(CCC)c(=O)[nH]c1=O. The number of esters is 1. The van der Waals surface area contributed by atoms with Gasteiger partial charge >= 0.3 is 11.7 Å². The molecule has 0 unspecified atom stereocenters. The summed E-state index contributed by atoms with van der Waals surface area (Å²) in [5.74, 6) is -1.33. The lowest BCUT2D eigenvalue weighted by atomic mass is 10.2. The van der Waals surface area contributed by atoms with Gasteiger partial charge in [-0.05, 0) is 51.0 Å². The van der Waals surface area contributed by atoms with Gasteiger partial charge in [-0.15, -0.1) is 0 Å². The molecule has 1 heterocycles. The number of aromatic nitrogens is 2. The van der Waals surface area contributed by atoms with Crippen molar-refractivity contribution >= 4 is 29.1 Å². The molecular weight excluding hydrogens is 438 g/mol. The quantitative estimate of drug-likeness (QED) is 0.453. The molecule has 186 valence electrons. The summed E-state index contributed by atoms with van der Waals surface area (Å²) in [6, 6.07) is 6.96. The number of hydrogen-bond acceptors (Lipinski definition) is 7. The Morgan fingerprint density at radius 2 is 1.68 bits per heavy atom. The maximum atomic E-state index is 13.0. The highest BCUT2D eigenvalue weighted by atomic mass is 16.5. The number of nitrogen functional groups attached to an aromatic ring is 1. The fourth-order valence-corrected chi connectivity index (χ4v) is 3.65. The molecule has 1 aromatic carbocycles. The molecule has 0 atom stereocenters. The Kier molecular flexibility index (Phi) is 9.91. The molecule has 0 fully saturated rings. The normalized spacial score (nSPS) is 10.7. The van der Waals surface area contributed by atoms with Crippen molar-refractivity contribution in [3.63, 3.8) is 0 Å². The zero-order chi connectivity index (χ0) is 25.3. The number of nitrogens with one attached hydrogen (secondary N) is 1. The Hall–Kier alpha value is -3.56. The van der Waals surface area contributed by atoms with E-state index in [-0.39, 0.29) is 18.1 Å². The lowest BCUT2D eigenvalue weighted by Crippen LogP contribution is -2.43. The number of carbonyl (C=O) groups is 2. The molecule has 2 rings (SSSR count). The van der Waals surface area contributed by atoms with Gasteiger partial charge in [0.1, 0.15) is 5.82 Å². The number of rotatable bonds is 12. The van der Waals surface area contributed by atoms with E-state index in [9.17, 15) is 19.2 Å². The zero-order valence-electron chi connectivity index (χ0n) is 20.4. The monoisotopic (exact) mass is 473 g/mol. The van der Waals surface area contributed by atoms with Crippen LogP contribution in [0.4, 0.5) is 17.2 Å². The molecule has 0 saturated heterocycles. The van der Waals surface area contributed by atoms with Crippen molar-refractivity contribution in [2.75, 3.05) is 41.8 Å². The van der Waals surface area contributed by atoms with Gasteiger partial charge in [-0.3, -0.25) is 19.1 Å². The Labute approximate surface area is 199 Å². The van der Waals surface area contributed by atoms with Crippen LogP contribution in [0.3, 0.4) is 0 Å². The number of anilines is 3. The number of ether oxygens (including phenoxy) is 1. The van der Waals surface area contributed by atoms with Crippen LogP contribution in [-0.4, -0.2) is 47.7 Å². The first-order chi connectivity index (χ1) is 16.3. The fourth-order valence-electron chi connectivity index (χ4n) is 3.65. The summed E-state index contributed by atoms with van der Waals surface area (Å²) >= 11 is 0. The molecule has 1 amide bonds. The summed E-state index contributed by atoms with van der Waals surface area (Å²) in [6.07, 6.45) is 1.97. The van der Waals surface area contributed by atoms with Gasteiger partial charge in [0, 0.05) is 31.9 Å². The summed E-state index contributed by atoms with van der Waals surface area (Å²) in [5.41, 5.74) is 5.94. The van der Waals surface area contributed by atoms with Crippen LogP contribution in [0, 0.1) is 0 Å². The Morgan fingerprint density at radius 3 is 2.24 bits per heavy atom. The number of nitrogens with two attached hydrogens (primary N) is 1. The molecular formula is C24H35N5O5. The van der Waals surface area contributed by atoms with E-state index in [0.717, 1.165) is 25.2 Å². The number of benzene rings is 1. The van der Waals surface area contributed by atoms with Crippen molar-refractivity contribution in [2.24, 2.45) is 0 Å². The number of nitrogens with zero attached hydrogens (tertiary/aromatic N) is 3. The Bertz CT molecular complexity index is 1090. The van der Waals surface area contributed by atoms with Crippen LogP contribution < -0.4 is 26.8 Å². The summed E-state index contributed by atoms with van der Waals surface area (Å²) in [6.45, 7) is 9.52. The van der Waals surface area contributed by atoms with Crippen LogP contribution in [-0.2, 0) is 16.1 Å². The third-order valence-corrected chi connectivity index (χ3v) is 5.53. The zero-order valence-corrected chi connectivity index (χ0v) is 20.4. The number of hydrogen-bond donors (Lipinski definition) is 2. The lowest BCUT2D eigenvalue weighted by molar-refractivity contribution is -0.121. The highest BCUT2D eigenvalue weighted by molar-refractivity contribution is 5.98. The van der Waals surface area contributed by atoms with Gasteiger partial charge in [-0.25, -0.2) is 9.59 Å². The van der Waals surface area contributed by atoms with E-state index >= 15 is 0 Å². The van der Waals surface area contributed by atoms with Crippen LogP contribution in [0.15, 0.2) is 33.9 Å². The number of carbonyl (C=O) groups excluding carboxylic acids is 2. The second kappa shape index (κ2) is 12.6. The van der Waals surface area contributed by atoms with Crippen molar-refractivity contribution in [3.8, 4) is 0 Å². The third-order valence-electron chi connectivity index (χ3n) is 5.53. The minimum Gasteiger partial charge on any atom is -0.452 e. The van der Waals surface area contributed by atoms with Crippen molar-refractivity contribution < 1.29 is 14.3 Å². The maximum absolute atomic E-state index is 13.0. The largest absolute Gasteiger partial charge is 0.452 e. The fraction of sp³-hybridized carbons (Fsp3) is 0.500. The van der Waals surface area contributed by atoms with Gasteiger partial charge in [-0.2, -0.15) is 0 Å². The molecule has 0 aliphatic rings. The summed E-state index contributed by atoms with van der Waals surface area (Å²) < 4.78 is 6.47. The molecule has 2 aromatic rings. The van der Waals surface area contributed by atoms with Crippen LogP contribution in [0.1, 0.15) is 57.3 Å². The molecule has 0 spiro atoms. The second-order valence-corrected chi connectivity index (χ2v) is 7.84. The van der Waals surface area contributed by atoms with Gasteiger partial charge in [0.25, 0.3) is 11.5 Å². The third kappa shape index (κ3) is 6.27. The lowest BCUT2D eigenvalue weighted by Gasteiger charge is -2.24. The molecule has 0 aliphatic heterocycles. The summed E-state index contributed by atoms with van der Waals surface area (Å²) in [4.78, 5) is 55.8. The second-order valence-electron chi connectivity index (χ2n) is 7.84. The highest BCUT2D eigenvalue weighted by Gasteiger charge is 2.25. The Balaban J connectivity index is 2.22. The van der Waals surface area contributed by atoms with Gasteiger partial charge in [0.2, 0.25) is 0 Å². The van der Waals surface area contributed by atoms with Crippen molar-refractivity contribution in [3.05, 3.63) is 50.7 Å². The number of amides is 1. The first-order valence-electron chi connectivity index (χ1n) is 11.7. The van der Waals surface area contributed by atoms with Crippen LogP contribution in [0.2, 0.25) is 0 Å². The van der Waals surface area contributed by atoms with E-state index in [0.29, 0.717) is 24.9 Å². The molecule has 3 N–H and O–H groups in total. The van der Waals surface area contributed by atoms with Gasteiger partial charge in [-0.1, -0.05) is 20.3 Å². The molecule has 0 radical (unpaired) electrons. The van der Waals surface area contributed by atoms with E-state index < -0.39 is 29.7 Å². The van der Waals surface area contributed by atoms with Crippen LogP contribution in [0.5, 0.6) is 0 Å². The highest BCUT2D eigenvalue weighted by Crippen LogP contribution is 2.19. The van der Waals surface area contributed by atoms with Gasteiger partial charge in [0.05, 0.1) is 5.56 Å². The van der Waals surface area contributed by atoms with Crippen molar-refractivity contribution in [2.45, 2.75) is 53.5 Å². The maximum Gasteiger partial charge on any atom is 0.338 e. The molecule has 0 saturated carbocycles. The smallest absolute Gasteiger partial charge is 0.338 e. The number of H-pyrrole nitrogens is 1. The van der Waals surface area contributed by atoms with Crippen molar-refractivity contribution in [1.82, 2.24) is 9.55 Å². The van der Waals surface area contributed by atoms with E-state index in [2.05, 4.69) is 9.88 Å². The van der Waals surface area contributed by atoms with E-state index in [4.69, 9.17) is 10.5 Å². The molecule has 10 nitrogen and oxygen atoms in total. The van der Waals surface area contributed by atoms with Crippen LogP contribution in [0.25, 0.3) is 0 Å². The van der Waals surface area contributed by atoms with Crippen LogP contribution >= 0.6 is 0 Å². The van der Waals surface area contributed by atoms with E-state index in [1.54, 1.807) is 12.1 Å². The van der Waals surface area contributed by atoms with E-state index in [1.165, 1.54) is 9.47 Å². The van der Waals surface area contributed by atoms with Gasteiger partial charge in [0.15, 0.2) is 12.3 Å². The molecule has 10 heteroatoms. The number of aromatic amines is 1. The summed E-state index contributed by atoms with van der Waals surface area (Å²) in [7, 11) is 0. The van der Waals surface area contributed by atoms with Gasteiger partial charge < -0.3 is 20.3 Å². The first kappa shape index (κ1) is 26.7. The van der Waals surface area contributed by atoms with E-state index in [1.807, 2.05) is 39.8 Å². The average molecular weight is 474 g/mol. The molecule has 0 aliphatic carbocycles. The summed E-state index contributed by atoms with van der Waals surface area (Å²) in [5, 5.41) is 0. The van der Waals surface area contributed by atoms with Crippen molar-refractivity contribution in [1.29, 1.82) is 0 Å². The topological polar surface area (TPSA) is 131 Å². The first-order valence-corrected chi connectivity index (χ1v) is 11.7. The Morgan fingerprint density at radius 1 is 1.03 bits per heavy atom. The molecule has 34 heavy (non-hydrogen) atoms.